The van der Waals surface area contributed by atoms with Gasteiger partial charge in [-0.1, -0.05) is 30.3 Å². The lowest BCUT2D eigenvalue weighted by atomic mass is 9.72. The van der Waals surface area contributed by atoms with Crippen LogP contribution in [0.5, 0.6) is 0 Å². The van der Waals surface area contributed by atoms with Crippen molar-refractivity contribution in [3.05, 3.63) is 86.2 Å². The summed E-state index contributed by atoms with van der Waals surface area (Å²) in [5.41, 5.74) is 11.5. The first kappa shape index (κ1) is 25.4. The van der Waals surface area contributed by atoms with Crippen LogP contribution in [0.2, 0.25) is 0 Å². The fraction of sp³-hybridized carbons (Fsp3) is 0.280. The third kappa shape index (κ3) is 4.24. The van der Waals surface area contributed by atoms with Gasteiger partial charge in [0.15, 0.2) is 0 Å². The van der Waals surface area contributed by atoms with Crippen LogP contribution in [0.25, 0.3) is 5.69 Å². The van der Waals surface area contributed by atoms with Gasteiger partial charge in [0.1, 0.15) is 10.5 Å². The Hall–Kier alpha value is -3.70. The molecule has 0 spiro atoms. The van der Waals surface area contributed by atoms with Crippen LogP contribution in [0.3, 0.4) is 0 Å². The number of likely N-dealkylation sites (tertiary alicyclic amines) is 1. The number of amides is 2. The SMILES string of the molecule is Cn1c(C(C(N)=O)N2CCC(C(=O)O)(c3ccc(C(N)=O)cc3)CC2)c(Br)c(=O)n1-c1ccccc1. The Morgan fingerprint density at radius 3 is 2.08 bits per heavy atom. The molecule has 1 unspecified atom stereocenters. The Kier molecular flexibility index (Phi) is 6.87. The molecule has 1 saturated heterocycles. The van der Waals surface area contributed by atoms with E-state index in [1.165, 1.54) is 16.8 Å². The van der Waals surface area contributed by atoms with Gasteiger partial charge in [-0.3, -0.25) is 28.8 Å². The number of piperidine rings is 1. The molecular formula is C25H26BrN5O5. The van der Waals surface area contributed by atoms with Crippen LogP contribution < -0.4 is 17.0 Å². The number of halogens is 1. The number of carboxylic acids is 1. The number of nitrogens with two attached hydrogens (primary N) is 2. The first-order valence-corrected chi connectivity index (χ1v) is 12.1. The molecule has 4 rings (SSSR count). The van der Waals surface area contributed by atoms with Crippen molar-refractivity contribution in [3.63, 3.8) is 0 Å². The first-order valence-electron chi connectivity index (χ1n) is 11.3. The molecular weight excluding hydrogens is 530 g/mol. The van der Waals surface area contributed by atoms with E-state index in [4.69, 9.17) is 11.5 Å². The molecule has 2 aromatic carbocycles. The van der Waals surface area contributed by atoms with E-state index in [1.807, 2.05) is 6.07 Å². The Balaban J connectivity index is 1.68. The number of rotatable bonds is 7. The van der Waals surface area contributed by atoms with Crippen LogP contribution in [0.4, 0.5) is 0 Å². The first-order chi connectivity index (χ1) is 17.1. The minimum atomic E-state index is -1.20. The van der Waals surface area contributed by atoms with Crippen molar-refractivity contribution in [2.75, 3.05) is 13.1 Å². The van der Waals surface area contributed by atoms with E-state index in [0.29, 0.717) is 22.5 Å². The number of carboxylic acid groups (broad SMARTS) is 1. The summed E-state index contributed by atoms with van der Waals surface area (Å²) in [6.45, 7) is 0.489. The number of aliphatic carboxylic acids is 1. The lowest BCUT2D eigenvalue weighted by Crippen LogP contribution is -2.50. The van der Waals surface area contributed by atoms with Crippen LogP contribution >= 0.6 is 15.9 Å². The Labute approximate surface area is 215 Å². The van der Waals surface area contributed by atoms with Crippen molar-refractivity contribution in [2.24, 2.45) is 18.5 Å². The van der Waals surface area contributed by atoms with E-state index in [1.54, 1.807) is 53.0 Å². The molecule has 1 aromatic heterocycles. The highest BCUT2D eigenvalue weighted by Gasteiger charge is 2.46. The van der Waals surface area contributed by atoms with Gasteiger partial charge in [0.25, 0.3) is 5.56 Å². The molecule has 10 nitrogen and oxygen atoms in total. The number of primary amides is 2. The second-order valence-corrected chi connectivity index (χ2v) is 9.64. The van der Waals surface area contributed by atoms with E-state index in [0.717, 1.165) is 0 Å². The Bertz CT molecular complexity index is 1370. The van der Waals surface area contributed by atoms with E-state index < -0.39 is 29.2 Å². The molecule has 188 valence electrons. The van der Waals surface area contributed by atoms with Crippen LogP contribution in [0.15, 0.2) is 63.9 Å². The topological polar surface area (TPSA) is 154 Å². The number of hydrogen-bond acceptors (Lipinski definition) is 5. The van der Waals surface area contributed by atoms with Gasteiger partial charge in [0.2, 0.25) is 11.8 Å². The summed E-state index contributed by atoms with van der Waals surface area (Å²) >= 11 is 3.37. The molecule has 0 radical (unpaired) electrons. The van der Waals surface area contributed by atoms with Crippen LogP contribution in [-0.4, -0.2) is 50.2 Å². The monoisotopic (exact) mass is 555 g/mol. The smallest absolute Gasteiger partial charge is 0.314 e. The van der Waals surface area contributed by atoms with E-state index in [-0.39, 0.29) is 36.0 Å². The second-order valence-electron chi connectivity index (χ2n) is 8.85. The molecule has 1 aliphatic rings. The maximum Gasteiger partial charge on any atom is 0.314 e. The zero-order valence-corrected chi connectivity index (χ0v) is 21.1. The maximum atomic E-state index is 13.1. The number of para-hydroxylation sites is 1. The zero-order chi connectivity index (χ0) is 26.2. The minimum Gasteiger partial charge on any atom is -0.481 e. The van der Waals surface area contributed by atoms with Crippen molar-refractivity contribution in [1.29, 1.82) is 0 Å². The number of carbonyl (C=O) groups is 3. The third-order valence-electron chi connectivity index (χ3n) is 6.93. The zero-order valence-electron chi connectivity index (χ0n) is 19.6. The molecule has 2 heterocycles. The highest BCUT2D eigenvalue weighted by Crippen LogP contribution is 2.39. The molecule has 3 aromatic rings. The predicted octanol–water partition coefficient (Wildman–Crippen LogP) is 1.68. The van der Waals surface area contributed by atoms with Crippen molar-refractivity contribution in [3.8, 4) is 5.69 Å². The quantitative estimate of drug-likeness (QED) is 0.403. The number of carbonyl (C=O) groups excluding carboxylic acids is 2. The van der Waals surface area contributed by atoms with Crippen molar-refractivity contribution in [2.45, 2.75) is 24.3 Å². The molecule has 2 amide bonds. The molecule has 1 atom stereocenters. The molecule has 1 aliphatic heterocycles. The van der Waals surface area contributed by atoms with Crippen molar-refractivity contribution >= 4 is 33.7 Å². The average Bonchev–Trinajstić information content (AvgIpc) is 3.08. The summed E-state index contributed by atoms with van der Waals surface area (Å²) in [5, 5.41) is 10.2. The van der Waals surface area contributed by atoms with E-state index in [9.17, 15) is 24.3 Å². The van der Waals surface area contributed by atoms with Gasteiger partial charge < -0.3 is 16.6 Å². The lowest BCUT2D eigenvalue weighted by molar-refractivity contribution is -0.146. The van der Waals surface area contributed by atoms with Crippen molar-refractivity contribution < 1.29 is 19.5 Å². The third-order valence-corrected chi connectivity index (χ3v) is 7.68. The lowest BCUT2D eigenvalue weighted by Gasteiger charge is -2.41. The van der Waals surface area contributed by atoms with Gasteiger partial charge in [-0.25, -0.2) is 4.68 Å². The summed E-state index contributed by atoms with van der Waals surface area (Å²) in [4.78, 5) is 51.4. The standard InChI is InChI=1S/C25H26BrN5O5/c1-29-19(18(26)23(34)31(29)17-5-3-2-4-6-17)20(22(28)33)30-13-11-25(12-14-30,24(35)36)16-9-7-15(8-10-16)21(27)32/h2-10,20H,11-14H2,1H3,(H2,27,32)(H2,28,33)(H,35,36). The Morgan fingerprint density at radius 2 is 1.58 bits per heavy atom. The highest BCUT2D eigenvalue weighted by atomic mass is 79.9. The predicted molar refractivity (Wildman–Crippen MR) is 136 cm³/mol. The van der Waals surface area contributed by atoms with Gasteiger partial charge in [-0.05, 0) is 58.6 Å². The Morgan fingerprint density at radius 1 is 1.00 bits per heavy atom. The summed E-state index contributed by atoms with van der Waals surface area (Å²) in [5.74, 6) is -2.23. The fourth-order valence-corrected chi connectivity index (χ4v) is 5.62. The number of benzene rings is 2. The molecule has 5 N–H and O–H groups in total. The highest BCUT2D eigenvalue weighted by molar-refractivity contribution is 9.10. The fourth-order valence-electron chi connectivity index (χ4n) is 4.98. The van der Waals surface area contributed by atoms with E-state index in [2.05, 4.69) is 15.9 Å². The summed E-state index contributed by atoms with van der Waals surface area (Å²) in [6.07, 6.45) is 0.403. The maximum absolute atomic E-state index is 13.1. The van der Waals surface area contributed by atoms with E-state index >= 15 is 0 Å². The van der Waals surface area contributed by atoms with Gasteiger partial charge in [-0.2, -0.15) is 0 Å². The van der Waals surface area contributed by atoms with Crippen molar-refractivity contribution in [1.82, 2.24) is 14.3 Å². The van der Waals surface area contributed by atoms with Gasteiger partial charge >= 0.3 is 5.97 Å². The van der Waals surface area contributed by atoms with Gasteiger partial charge in [-0.15, -0.1) is 0 Å². The summed E-state index contributed by atoms with van der Waals surface area (Å²) < 4.78 is 3.26. The minimum absolute atomic E-state index is 0.201. The molecule has 0 saturated carbocycles. The molecule has 0 bridgehead atoms. The van der Waals surface area contributed by atoms with Gasteiger partial charge in [0.05, 0.1) is 16.8 Å². The van der Waals surface area contributed by atoms with Crippen LogP contribution in [0.1, 0.15) is 40.5 Å². The number of hydrogen-bond donors (Lipinski definition) is 3. The normalized spacial score (nSPS) is 16.4. The molecule has 1 fully saturated rings. The summed E-state index contributed by atoms with van der Waals surface area (Å²) in [7, 11) is 1.68. The molecule has 0 aliphatic carbocycles. The molecule has 36 heavy (non-hydrogen) atoms. The summed E-state index contributed by atoms with van der Waals surface area (Å²) in [6, 6.07) is 14.3. The number of aromatic nitrogens is 2. The van der Waals surface area contributed by atoms with Gasteiger partial charge in [0, 0.05) is 25.7 Å². The number of nitrogens with zero attached hydrogens (tertiary/aromatic N) is 3. The largest absolute Gasteiger partial charge is 0.481 e. The average molecular weight is 556 g/mol. The van der Waals surface area contributed by atoms with Crippen LogP contribution in [-0.2, 0) is 22.1 Å². The molecule has 11 heteroatoms. The van der Waals surface area contributed by atoms with Crippen LogP contribution in [0, 0.1) is 0 Å². The second kappa shape index (κ2) is 9.75.